The lowest BCUT2D eigenvalue weighted by Gasteiger charge is -2.09. The van der Waals surface area contributed by atoms with Gasteiger partial charge in [0.2, 0.25) is 0 Å². The normalized spacial score (nSPS) is 9.92. The topological polar surface area (TPSA) is 22.1 Å². The van der Waals surface area contributed by atoms with Crippen molar-refractivity contribution in [1.29, 1.82) is 0 Å². The van der Waals surface area contributed by atoms with E-state index < -0.39 is 0 Å². The van der Waals surface area contributed by atoms with Crippen molar-refractivity contribution in [2.75, 3.05) is 6.61 Å². The van der Waals surface area contributed by atoms with Crippen LogP contribution in [0.25, 0.3) is 0 Å². The molecule has 2 nitrogen and oxygen atoms in total. The monoisotopic (exact) mass is 165 g/mol. The van der Waals surface area contributed by atoms with Crippen molar-refractivity contribution >= 4 is 0 Å². The molecule has 0 aromatic carbocycles. The first kappa shape index (κ1) is 9.04. The van der Waals surface area contributed by atoms with E-state index in [9.17, 15) is 0 Å². The zero-order valence-corrected chi connectivity index (χ0v) is 7.92. The fraction of sp³-hybridized carbons (Fsp3) is 0.500. The molecule has 1 aromatic heterocycles. The number of nitrogens with zero attached hydrogens (tertiary/aromatic N) is 1. The molecule has 0 bridgehead atoms. The Morgan fingerprint density at radius 2 is 1.83 bits per heavy atom. The van der Waals surface area contributed by atoms with Crippen LogP contribution >= 0.6 is 0 Å². The molecule has 0 unspecified atom stereocenters. The van der Waals surface area contributed by atoms with Gasteiger partial charge in [0.15, 0.2) is 0 Å². The molecule has 0 fully saturated rings. The van der Waals surface area contributed by atoms with Crippen LogP contribution in [0.1, 0.15) is 24.5 Å². The third kappa shape index (κ3) is 1.97. The molecule has 0 saturated heterocycles. The van der Waals surface area contributed by atoms with Gasteiger partial charge in [-0.1, -0.05) is 6.92 Å². The number of pyridine rings is 1. The van der Waals surface area contributed by atoms with E-state index in [4.69, 9.17) is 4.74 Å². The van der Waals surface area contributed by atoms with E-state index >= 15 is 0 Å². The van der Waals surface area contributed by atoms with Crippen LogP contribution in [-0.4, -0.2) is 11.6 Å². The lowest BCUT2D eigenvalue weighted by atomic mass is 10.2. The van der Waals surface area contributed by atoms with Gasteiger partial charge < -0.3 is 4.74 Å². The number of hydrogen-bond donors (Lipinski definition) is 0. The van der Waals surface area contributed by atoms with E-state index in [0.717, 1.165) is 29.9 Å². The highest BCUT2D eigenvalue weighted by molar-refractivity contribution is 5.36. The van der Waals surface area contributed by atoms with Gasteiger partial charge in [0.1, 0.15) is 5.75 Å². The lowest BCUT2D eigenvalue weighted by Crippen LogP contribution is -1.99. The molecular formula is C10H15NO. The van der Waals surface area contributed by atoms with Crippen LogP contribution in [0.2, 0.25) is 0 Å². The first-order valence-corrected chi connectivity index (χ1v) is 4.29. The first-order valence-electron chi connectivity index (χ1n) is 4.29. The lowest BCUT2D eigenvalue weighted by molar-refractivity contribution is 0.313. The van der Waals surface area contributed by atoms with E-state index in [1.807, 2.05) is 26.2 Å². The molecule has 0 amide bonds. The molecule has 0 N–H and O–H groups in total. The predicted octanol–water partition coefficient (Wildman–Crippen LogP) is 2.49. The van der Waals surface area contributed by atoms with Gasteiger partial charge >= 0.3 is 0 Å². The molecule has 0 spiro atoms. The summed E-state index contributed by atoms with van der Waals surface area (Å²) in [5.41, 5.74) is 2.23. The van der Waals surface area contributed by atoms with Crippen LogP contribution in [0.15, 0.2) is 12.4 Å². The second-order valence-electron chi connectivity index (χ2n) is 2.95. The second-order valence-corrected chi connectivity index (χ2v) is 2.95. The molecule has 2 heteroatoms. The van der Waals surface area contributed by atoms with Crippen molar-refractivity contribution in [2.45, 2.75) is 27.2 Å². The smallest absolute Gasteiger partial charge is 0.128 e. The maximum atomic E-state index is 5.58. The standard InChI is InChI=1S/C10H15NO/c1-4-5-12-10-8(2)6-11-7-9(10)3/h6-7H,4-5H2,1-3H3. The summed E-state index contributed by atoms with van der Waals surface area (Å²) in [5.74, 6) is 0.992. The van der Waals surface area contributed by atoms with Gasteiger partial charge in [0.05, 0.1) is 6.61 Å². The number of aromatic nitrogens is 1. The van der Waals surface area contributed by atoms with E-state index in [0.29, 0.717) is 0 Å². The summed E-state index contributed by atoms with van der Waals surface area (Å²) in [6.45, 7) is 6.92. The molecule has 0 aliphatic rings. The van der Waals surface area contributed by atoms with Crippen molar-refractivity contribution < 1.29 is 4.74 Å². The van der Waals surface area contributed by atoms with Gasteiger partial charge in [-0.2, -0.15) is 0 Å². The molecule has 66 valence electrons. The fourth-order valence-corrected chi connectivity index (χ4v) is 1.12. The minimum Gasteiger partial charge on any atom is -0.493 e. The molecule has 0 aliphatic carbocycles. The zero-order valence-electron chi connectivity index (χ0n) is 7.92. The van der Waals surface area contributed by atoms with Crippen molar-refractivity contribution in [3.8, 4) is 5.75 Å². The minimum absolute atomic E-state index is 0.783. The van der Waals surface area contributed by atoms with Crippen LogP contribution in [0.3, 0.4) is 0 Å². The van der Waals surface area contributed by atoms with Crippen LogP contribution in [0.4, 0.5) is 0 Å². The van der Waals surface area contributed by atoms with Crippen molar-refractivity contribution in [2.24, 2.45) is 0 Å². The Balaban J connectivity index is 2.81. The van der Waals surface area contributed by atoms with Gasteiger partial charge in [-0.05, 0) is 20.3 Å². The Kier molecular flexibility index (Phi) is 3.09. The van der Waals surface area contributed by atoms with Crippen molar-refractivity contribution in [1.82, 2.24) is 4.98 Å². The summed E-state index contributed by atoms with van der Waals surface area (Å²) < 4.78 is 5.58. The van der Waals surface area contributed by atoms with E-state index in [1.165, 1.54) is 0 Å². The van der Waals surface area contributed by atoms with Gasteiger partial charge in [-0.3, -0.25) is 4.98 Å². The van der Waals surface area contributed by atoms with Crippen LogP contribution in [0, 0.1) is 13.8 Å². The largest absolute Gasteiger partial charge is 0.493 e. The summed E-state index contributed by atoms with van der Waals surface area (Å²) in [5, 5.41) is 0. The highest BCUT2D eigenvalue weighted by Crippen LogP contribution is 2.20. The predicted molar refractivity (Wildman–Crippen MR) is 49.5 cm³/mol. The quantitative estimate of drug-likeness (QED) is 0.686. The summed E-state index contributed by atoms with van der Waals surface area (Å²) in [6, 6.07) is 0. The van der Waals surface area contributed by atoms with Crippen molar-refractivity contribution in [3.63, 3.8) is 0 Å². The van der Waals surface area contributed by atoms with E-state index in [1.54, 1.807) is 0 Å². The molecule has 0 radical (unpaired) electrons. The van der Waals surface area contributed by atoms with Crippen LogP contribution < -0.4 is 4.74 Å². The van der Waals surface area contributed by atoms with Gasteiger partial charge in [-0.15, -0.1) is 0 Å². The average molecular weight is 165 g/mol. The Morgan fingerprint density at radius 1 is 1.25 bits per heavy atom. The number of rotatable bonds is 3. The van der Waals surface area contributed by atoms with Gasteiger partial charge in [-0.25, -0.2) is 0 Å². The van der Waals surface area contributed by atoms with Gasteiger partial charge in [0.25, 0.3) is 0 Å². The molecule has 1 heterocycles. The summed E-state index contributed by atoms with van der Waals surface area (Å²) in [4.78, 5) is 4.07. The Bertz CT molecular complexity index is 238. The van der Waals surface area contributed by atoms with Crippen LogP contribution in [-0.2, 0) is 0 Å². The molecule has 12 heavy (non-hydrogen) atoms. The maximum absolute atomic E-state index is 5.58. The summed E-state index contributed by atoms with van der Waals surface area (Å²) in [6.07, 6.45) is 4.71. The Hall–Kier alpha value is -1.05. The Morgan fingerprint density at radius 3 is 2.33 bits per heavy atom. The van der Waals surface area contributed by atoms with Crippen LogP contribution in [0.5, 0.6) is 5.75 Å². The molecular weight excluding hydrogens is 150 g/mol. The van der Waals surface area contributed by atoms with E-state index in [-0.39, 0.29) is 0 Å². The summed E-state index contributed by atoms with van der Waals surface area (Å²) in [7, 11) is 0. The minimum atomic E-state index is 0.783. The number of ether oxygens (including phenoxy) is 1. The first-order chi connectivity index (χ1) is 5.75. The van der Waals surface area contributed by atoms with E-state index in [2.05, 4.69) is 11.9 Å². The molecule has 1 rings (SSSR count). The Labute approximate surface area is 73.6 Å². The zero-order chi connectivity index (χ0) is 8.97. The third-order valence-corrected chi connectivity index (χ3v) is 1.70. The fourth-order valence-electron chi connectivity index (χ4n) is 1.12. The SMILES string of the molecule is CCCOc1c(C)cncc1C. The average Bonchev–Trinajstić information content (AvgIpc) is 2.04. The summed E-state index contributed by atoms with van der Waals surface area (Å²) >= 11 is 0. The molecule has 0 atom stereocenters. The van der Waals surface area contributed by atoms with Crippen molar-refractivity contribution in [3.05, 3.63) is 23.5 Å². The number of hydrogen-bond acceptors (Lipinski definition) is 2. The third-order valence-electron chi connectivity index (χ3n) is 1.70. The maximum Gasteiger partial charge on any atom is 0.128 e. The molecule has 0 saturated carbocycles. The molecule has 0 aliphatic heterocycles. The highest BCUT2D eigenvalue weighted by atomic mass is 16.5. The van der Waals surface area contributed by atoms with Gasteiger partial charge in [0, 0.05) is 23.5 Å². The highest BCUT2D eigenvalue weighted by Gasteiger charge is 2.01. The number of aryl methyl sites for hydroxylation is 2. The second kappa shape index (κ2) is 4.10. The molecule has 1 aromatic rings.